The number of fused-ring (bicyclic) bond motifs is 1. The Balaban J connectivity index is 2.82. The van der Waals surface area contributed by atoms with Crippen LogP contribution in [0.15, 0.2) is 27.5 Å². The summed E-state index contributed by atoms with van der Waals surface area (Å²) in [6.45, 7) is 0. The maximum absolute atomic E-state index is 5.26. The number of rotatable bonds is 0. The highest BCUT2D eigenvalue weighted by Crippen LogP contribution is 2.19. The van der Waals surface area contributed by atoms with Crippen LogP contribution in [0.4, 0.5) is 0 Å². The van der Waals surface area contributed by atoms with Crippen LogP contribution in [-0.4, -0.2) is 4.98 Å². The molecular formula is C7H4INOS. The van der Waals surface area contributed by atoms with E-state index in [2.05, 4.69) is 17.6 Å². The molecule has 0 fully saturated rings. The number of hydrogen-bond donors (Lipinski definition) is 1. The largest absolute Gasteiger partial charge is 0.432 e. The highest BCUT2D eigenvalue weighted by Gasteiger charge is 2.01. The minimum absolute atomic E-state index is 0.663. The number of nitrogens with zero attached hydrogens (tertiary/aromatic N) is 1. The van der Waals surface area contributed by atoms with Crippen LogP contribution in [0.3, 0.4) is 0 Å². The number of aromatic nitrogens is 1. The van der Waals surface area contributed by atoms with Crippen LogP contribution in [0.2, 0.25) is 0 Å². The molecule has 0 atom stereocenters. The zero-order chi connectivity index (χ0) is 7.84. The zero-order valence-electron chi connectivity index (χ0n) is 5.41. The molecule has 0 aliphatic rings. The van der Waals surface area contributed by atoms with E-state index in [0.29, 0.717) is 3.90 Å². The highest BCUT2D eigenvalue weighted by atomic mass is 127. The lowest BCUT2D eigenvalue weighted by Crippen LogP contribution is -1.68. The molecule has 0 amide bonds. The van der Waals surface area contributed by atoms with Gasteiger partial charge in [-0.15, -0.1) is 12.6 Å². The van der Waals surface area contributed by atoms with Gasteiger partial charge in [-0.2, -0.15) is 0 Å². The standard InChI is InChI=1S/C7H4INOS/c8-7-9-5-3-4(11)1-2-6(5)10-7/h1-3,11H. The van der Waals surface area contributed by atoms with Gasteiger partial charge in [-0.1, -0.05) is 0 Å². The van der Waals surface area contributed by atoms with Crippen molar-refractivity contribution in [1.82, 2.24) is 4.98 Å². The molecule has 0 spiro atoms. The van der Waals surface area contributed by atoms with Crippen molar-refractivity contribution >= 4 is 46.3 Å². The Kier molecular flexibility index (Phi) is 1.80. The van der Waals surface area contributed by atoms with Crippen molar-refractivity contribution in [3.8, 4) is 0 Å². The average molecular weight is 277 g/mol. The van der Waals surface area contributed by atoms with E-state index in [0.717, 1.165) is 16.0 Å². The molecule has 2 nitrogen and oxygen atoms in total. The van der Waals surface area contributed by atoms with Gasteiger partial charge in [0.1, 0.15) is 5.52 Å². The van der Waals surface area contributed by atoms with Gasteiger partial charge in [-0.05, 0) is 18.2 Å². The summed E-state index contributed by atoms with van der Waals surface area (Å²) in [5.74, 6) is 0. The summed E-state index contributed by atoms with van der Waals surface area (Å²) in [5.41, 5.74) is 1.68. The fraction of sp³-hybridized carbons (Fsp3) is 0. The summed E-state index contributed by atoms with van der Waals surface area (Å²) >= 11 is 6.23. The Labute approximate surface area is 82.5 Å². The molecule has 11 heavy (non-hydrogen) atoms. The van der Waals surface area contributed by atoms with Crippen LogP contribution in [0.1, 0.15) is 0 Å². The number of oxazole rings is 1. The first-order valence-electron chi connectivity index (χ1n) is 3.01. The predicted molar refractivity (Wildman–Crippen MR) is 54.0 cm³/mol. The van der Waals surface area contributed by atoms with E-state index in [9.17, 15) is 0 Å². The van der Waals surface area contributed by atoms with Gasteiger partial charge in [-0.25, -0.2) is 4.98 Å². The lowest BCUT2D eigenvalue weighted by molar-refractivity contribution is 0.566. The fourth-order valence-corrected chi connectivity index (χ4v) is 1.58. The Morgan fingerprint density at radius 3 is 3.09 bits per heavy atom. The van der Waals surface area contributed by atoms with Crippen LogP contribution in [0.25, 0.3) is 11.1 Å². The third kappa shape index (κ3) is 1.37. The average Bonchev–Trinajstić information content (AvgIpc) is 2.27. The van der Waals surface area contributed by atoms with Gasteiger partial charge < -0.3 is 4.42 Å². The molecular weight excluding hydrogens is 273 g/mol. The summed E-state index contributed by atoms with van der Waals surface area (Å²) in [7, 11) is 0. The molecule has 0 radical (unpaired) electrons. The monoisotopic (exact) mass is 277 g/mol. The molecule has 0 aliphatic heterocycles. The van der Waals surface area contributed by atoms with Gasteiger partial charge >= 0.3 is 0 Å². The van der Waals surface area contributed by atoms with Crippen molar-refractivity contribution in [2.24, 2.45) is 0 Å². The van der Waals surface area contributed by atoms with Gasteiger partial charge in [0.15, 0.2) is 5.58 Å². The van der Waals surface area contributed by atoms with Crippen LogP contribution >= 0.6 is 35.2 Å². The minimum atomic E-state index is 0.663. The molecule has 2 aromatic rings. The van der Waals surface area contributed by atoms with E-state index in [1.165, 1.54) is 0 Å². The second-order valence-electron chi connectivity index (χ2n) is 2.12. The number of hydrogen-bond acceptors (Lipinski definition) is 3. The van der Waals surface area contributed by atoms with E-state index < -0.39 is 0 Å². The van der Waals surface area contributed by atoms with Crippen molar-refractivity contribution in [3.05, 3.63) is 22.1 Å². The smallest absolute Gasteiger partial charge is 0.258 e. The maximum atomic E-state index is 5.26. The molecule has 1 aromatic carbocycles. The second kappa shape index (κ2) is 2.67. The van der Waals surface area contributed by atoms with E-state index in [4.69, 9.17) is 4.42 Å². The Hall–Kier alpha value is -0.230. The Morgan fingerprint density at radius 2 is 2.27 bits per heavy atom. The molecule has 0 saturated heterocycles. The second-order valence-corrected chi connectivity index (χ2v) is 3.56. The van der Waals surface area contributed by atoms with Gasteiger partial charge in [-0.3, -0.25) is 0 Å². The van der Waals surface area contributed by atoms with E-state index in [1.807, 2.05) is 40.8 Å². The van der Waals surface area contributed by atoms with Gasteiger partial charge in [0, 0.05) is 27.5 Å². The van der Waals surface area contributed by atoms with Crippen LogP contribution in [0.5, 0.6) is 0 Å². The third-order valence-electron chi connectivity index (χ3n) is 1.35. The Morgan fingerprint density at radius 1 is 1.45 bits per heavy atom. The lowest BCUT2D eigenvalue weighted by Gasteiger charge is -1.86. The van der Waals surface area contributed by atoms with Crippen LogP contribution in [-0.2, 0) is 0 Å². The Bertz CT molecular complexity index is 398. The van der Waals surface area contributed by atoms with Crippen molar-refractivity contribution in [2.45, 2.75) is 4.90 Å². The quantitative estimate of drug-likeness (QED) is 0.592. The highest BCUT2D eigenvalue weighted by molar-refractivity contribution is 14.1. The molecule has 4 heteroatoms. The number of halogens is 1. The molecule has 0 saturated carbocycles. The van der Waals surface area contributed by atoms with Crippen LogP contribution in [0, 0.1) is 3.90 Å². The molecule has 1 aromatic heterocycles. The van der Waals surface area contributed by atoms with Crippen LogP contribution < -0.4 is 0 Å². The molecule has 1 heterocycles. The first-order valence-corrected chi connectivity index (χ1v) is 4.53. The predicted octanol–water partition coefficient (Wildman–Crippen LogP) is 2.72. The van der Waals surface area contributed by atoms with Gasteiger partial charge in [0.2, 0.25) is 0 Å². The fourth-order valence-electron chi connectivity index (χ4n) is 0.888. The summed E-state index contributed by atoms with van der Waals surface area (Å²) in [6, 6.07) is 5.63. The first-order chi connectivity index (χ1) is 5.25. The summed E-state index contributed by atoms with van der Waals surface area (Å²) in [6.07, 6.45) is 0. The summed E-state index contributed by atoms with van der Waals surface area (Å²) in [5, 5.41) is 0. The van der Waals surface area contributed by atoms with Crippen molar-refractivity contribution < 1.29 is 4.42 Å². The third-order valence-corrected chi connectivity index (χ3v) is 2.08. The van der Waals surface area contributed by atoms with E-state index in [-0.39, 0.29) is 0 Å². The molecule has 0 N–H and O–H groups in total. The molecule has 0 unspecified atom stereocenters. The number of benzene rings is 1. The molecule has 2 rings (SSSR count). The zero-order valence-corrected chi connectivity index (χ0v) is 8.46. The normalized spacial score (nSPS) is 10.7. The topological polar surface area (TPSA) is 26.0 Å². The van der Waals surface area contributed by atoms with Crippen molar-refractivity contribution in [1.29, 1.82) is 0 Å². The molecule has 0 bridgehead atoms. The van der Waals surface area contributed by atoms with Crippen molar-refractivity contribution in [2.75, 3.05) is 0 Å². The van der Waals surface area contributed by atoms with Crippen molar-refractivity contribution in [3.63, 3.8) is 0 Å². The minimum Gasteiger partial charge on any atom is -0.432 e. The molecule has 0 aliphatic carbocycles. The molecule has 56 valence electrons. The summed E-state index contributed by atoms with van der Waals surface area (Å²) in [4.78, 5) is 5.05. The summed E-state index contributed by atoms with van der Waals surface area (Å²) < 4.78 is 5.93. The maximum Gasteiger partial charge on any atom is 0.258 e. The lowest BCUT2D eigenvalue weighted by atomic mass is 10.3. The SMILES string of the molecule is Sc1ccc2oc(I)nc2c1. The van der Waals surface area contributed by atoms with E-state index in [1.54, 1.807) is 0 Å². The number of thiol groups is 1. The van der Waals surface area contributed by atoms with E-state index >= 15 is 0 Å². The van der Waals surface area contributed by atoms with Gasteiger partial charge in [0.25, 0.3) is 3.90 Å². The first kappa shape index (κ1) is 7.42. The van der Waals surface area contributed by atoms with Gasteiger partial charge in [0.05, 0.1) is 0 Å².